The molecule has 0 saturated heterocycles. The third-order valence-corrected chi connectivity index (χ3v) is 4.35. The smallest absolute Gasteiger partial charge is 0.220 e. The molecule has 1 unspecified atom stereocenters. The maximum Gasteiger partial charge on any atom is 0.220 e. The summed E-state index contributed by atoms with van der Waals surface area (Å²) in [5.41, 5.74) is 0.150. The topological polar surface area (TPSA) is 62.5 Å². The van der Waals surface area contributed by atoms with Crippen molar-refractivity contribution in [3.05, 3.63) is 48.2 Å². The second kappa shape index (κ2) is 8.22. The average Bonchev–Trinajstić information content (AvgIpc) is 3.01. The normalized spacial score (nSPS) is 13.5. The van der Waals surface area contributed by atoms with Crippen LogP contribution in [0.4, 0.5) is 0 Å². The van der Waals surface area contributed by atoms with Crippen molar-refractivity contribution in [2.75, 3.05) is 18.6 Å². The molecular weight excluding hydrogens is 310 g/mol. The number of aliphatic hydroxyl groups is 1. The van der Waals surface area contributed by atoms with Crippen LogP contribution in [-0.4, -0.2) is 35.2 Å². The number of rotatable bonds is 8. The van der Waals surface area contributed by atoms with E-state index in [0.717, 1.165) is 17.1 Å². The lowest BCUT2D eigenvalue weighted by atomic mass is 10.1. The molecule has 2 N–H and O–H groups in total. The first-order chi connectivity index (χ1) is 11.0. The number of nitrogens with one attached hydrogen (secondary N) is 1. The Hall–Kier alpha value is -1.72. The van der Waals surface area contributed by atoms with Gasteiger partial charge in [0.2, 0.25) is 5.91 Å². The van der Waals surface area contributed by atoms with Gasteiger partial charge in [0.1, 0.15) is 11.5 Å². The van der Waals surface area contributed by atoms with E-state index in [1.165, 1.54) is 0 Å². The summed E-state index contributed by atoms with van der Waals surface area (Å²) in [4.78, 5) is 11.9. The van der Waals surface area contributed by atoms with Crippen molar-refractivity contribution in [1.29, 1.82) is 0 Å². The van der Waals surface area contributed by atoms with Gasteiger partial charge in [0.15, 0.2) is 0 Å². The number of hydrogen-bond donors (Lipinski definition) is 2. The summed E-state index contributed by atoms with van der Waals surface area (Å²) in [5.74, 6) is 2.11. The number of thioether (sulfide) groups is 1. The van der Waals surface area contributed by atoms with E-state index in [0.29, 0.717) is 18.6 Å². The van der Waals surface area contributed by atoms with Crippen LogP contribution in [0.15, 0.2) is 46.9 Å². The first-order valence-corrected chi connectivity index (χ1v) is 9.02. The lowest BCUT2D eigenvalue weighted by Gasteiger charge is -2.22. The Balaban J connectivity index is 1.80. The van der Waals surface area contributed by atoms with Crippen LogP contribution in [0.3, 0.4) is 0 Å². The van der Waals surface area contributed by atoms with Gasteiger partial charge in [-0.2, -0.15) is 11.8 Å². The van der Waals surface area contributed by atoms with Gasteiger partial charge in [0.05, 0.1) is 5.60 Å². The molecule has 124 valence electrons. The third kappa shape index (κ3) is 5.77. The zero-order valence-corrected chi connectivity index (χ0v) is 14.4. The molecule has 1 amide bonds. The molecule has 23 heavy (non-hydrogen) atoms. The Bertz CT molecular complexity index is 622. The zero-order chi connectivity index (χ0) is 16.7. The van der Waals surface area contributed by atoms with Crippen molar-refractivity contribution in [3.63, 3.8) is 0 Å². The van der Waals surface area contributed by atoms with E-state index in [4.69, 9.17) is 4.42 Å². The highest BCUT2D eigenvalue weighted by atomic mass is 32.2. The van der Waals surface area contributed by atoms with Crippen LogP contribution in [0.25, 0.3) is 11.3 Å². The summed E-state index contributed by atoms with van der Waals surface area (Å²) in [5, 5.41) is 12.8. The second-order valence-electron chi connectivity index (χ2n) is 5.84. The van der Waals surface area contributed by atoms with Gasteiger partial charge in [-0.05, 0) is 25.3 Å². The predicted octanol–water partition coefficient (Wildman–Crippen LogP) is 3.11. The molecule has 5 heteroatoms. The van der Waals surface area contributed by atoms with Crippen LogP contribution in [0.2, 0.25) is 0 Å². The maximum absolute atomic E-state index is 11.9. The van der Waals surface area contributed by atoms with E-state index in [-0.39, 0.29) is 12.5 Å². The fourth-order valence-corrected chi connectivity index (χ4v) is 2.97. The number of carbonyl (C=O) groups excluding carboxylic acids is 1. The SMILES string of the molecule is CSCC(C)(O)CNC(=O)CCc1ccc(-c2ccccc2)o1. The van der Waals surface area contributed by atoms with E-state index in [2.05, 4.69) is 5.32 Å². The van der Waals surface area contributed by atoms with Crippen LogP contribution < -0.4 is 5.32 Å². The molecule has 1 aromatic heterocycles. The average molecular weight is 333 g/mol. The number of carbonyl (C=O) groups is 1. The highest BCUT2D eigenvalue weighted by molar-refractivity contribution is 7.98. The van der Waals surface area contributed by atoms with Crippen molar-refractivity contribution >= 4 is 17.7 Å². The largest absolute Gasteiger partial charge is 0.461 e. The van der Waals surface area contributed by atoms with E-state index in [1.807, 2.05) is 48.7 Å². The first-order valence-electron chi connectivity index (χ1n) is 7.62. The van der Waals surface area contributed by atoms with E-state index in [1.54, 1.807) is 18.7 Å². The minimum absolute atomic E-state index is 0.0796. The molecule has 0 aliphatic heterocycles. The summed E-state index contributed by atoms with van der Waals surface area (Å²) in [6, 6.07) is 13.7. The molecule has 0 aliphatic rings. The zero-order valence-electron chi connectivity index (χ0n) is 13.5. The lowest BCUT2D eigenvalue weighted by molar-refractivity contribution is -0.122. The third-order valence-electron chi connectivity index (χ3n) is 3.44. The number of aryl methyl sites for hydroxylation is 1. The molecule has 4 nitrogen and oxygen atoms in total. The Morgan fingerprint density at radius 2 is 2.00 bits per heavy atom. The molecule has 0 fully saturated rings. The second-order valence-corrected chi connectivity index (χ2v) is 6.70. The molecule has 0 spiro atoms. The van der Waals surface area contributed by atoms with Crippen molar-refractivity contribution in [2.45, 2.75) is 25.4 Å². The molecule has 1 atom stereocenters. The van der Waals surface area contributed by atoms with Crippen LogP contribution in [0.1, 0.15) is 19.1 Å². The summed E-state index contributed by atoms with van der Waals surface area (Å²) in [6.07, 6.45) is 2.82. The Morgan fingerprint density at radius 3 is 2.70 bits per heavy atom. The summed E-state index contributed by atoms with van der Waals surface area (Å²) in [7, 11) is 0. The maximum atomic E-state index is 11.9. The summed E-state index contributed by atoms with van der Waals surface area (Å²) < 4.78 is 5.77. The quantitative estimate of drug-likeness (QED) is 0.779. The van der Waals surface area contributed by atoms with Gasteiger partial charge in [-0.1, -0.05) is 30.3 Å². The summed E-state index contributed by atoms with van der Waals surface area (Å²) in [6.45, 7) is 1.99. The first kappa shape index (κ1) is 17.6. The number of benzene rings is 1. The van der Waals surface area contributed by atoms with Crippen molar-refractivity contribution in [2.24, 2.45) is 0 Å². The fourth-order valence-electron chi connectivity index (χ4n) is 2.25. The van der Waals surface area contributed by atoms with Crippen molar-refractivity contribution < 1.29 is 14.3 Å². The number of furan rings is 1. The molecule has 0 bridgehead atoms. The van der Waals surface area contributed by atoms with Gasteiger partial charge >= 0.3 is 0 Å². The molecule has 2 aromatic rings. The minimum atomic E-state index is -0.875. The summed E-state index contributed by atoms with van der Waals surface area (Å²) >= 11 is 1.55. The van der Waals surface area contributed by atoms with Crippen LogP contribution in [0, 0.1) is 0 Å². The lowest BCUT2D eigenvalue weighted by Crippen LogP contribution is -2.42. The van der Waals surface area contributed by atoms with Crippen LogP contribution in [0.5, 0.6) is 0 Å². The van der Waals surface area contributed by atoms with Gasteiger partial charge in [0.25, 0.3) is 0 Å². The standard InChI is InChI=1S/C18H23NO3S/c1-18(21,13-23-2)12-19-17(20)11-9-15-8-10-16(22-15)14-6-4-3-5-7-14/h3-8,10,21H,9,11-13H2,1-2H3,(H,19,20). The van der Waals surface area contributed by atoms with Gasteiger partial charge in [-0.15, -0.1) is 0 Å². The molecule has 1 aromatic carbocycles. The van der Waals surface area contributed by atoms with Crippen molar-refractivity contribution in [1.82, 2.24) is 5.32 Å². The minimum Gasteiger partial charge on any atom is -0.461 e. The van der Waals surface area contributed by atoms with E-state index >= 15 is 0 Å². The van der Waals surface area contributed by atoms with Gasteiger partial charge in [0, 0.05) is 30.7 Å². The molecule has 0 radical (unpaired) electrons. The fraction of sp³-hybridized carbons (Fsp3) is 0.389. The van der Waals surface area contributed by atoms with Crippen molar-refractivity contribution in [3.8, 4) is 11.3 Å². The van der Waals surface area contributed by atoms with Crippen LogP contribution in [-0.2, 0) is 11.2 Å². The van der Waals surface area contributed by atoms with Crippen LogP contribution >= 0.6 is 11.8 Å². The Kier molecular flexibility index (Phi) is 6.30. The number of hydrogen-bond acceptors (Lipinski definition) is 4. The number of amides is 1. The molecule has 0 saturated carbocycles. The monoisotopic (exact) mass is 333 g/mol. The van der Waals surface area contributed by atoms with E-state index in [9.17, 15) is 9.90 Å². The Labute approximate surface area is 141 Å². The molecular formula is C18H23NO3S. The highest BCUT2D eigenvalue weighted by Crippen LogP contribution is 2.22. The van der Waals surface area contributed by atoms with E-state index < -0.39 is 5.60 Å². The molecule has 2 rings (SSSR count). The Morgan fingerprint density at radius 1 is 1.26 bits per heavy atom. The predicted molar refractivity (Wildman–Crippen MR) is 94.5 cm³/mol. The van der Waals surface area contributed by atoms with Gasteiger partial charge in [-0.25, -0.2) is 0 Å². The van der Waals surface area contributed by atoms with Gasteiger partial charge < -0.3 is 14.8 Å². The van der Waals surface area contributed by atoms with Gasteiger partial charge in [-0.3, -0.25) is 4.79 Å². The molecule has 0 aliphatic carbocycles. The highest BCUT2D eigenvalue weighted by Gasteiger charge is 2.20. The molecule has 1 heterocycles.